The van der Waals surface area contributed by atoms with E-state index in [1.54, 1.807) is 0 Å². The fourth-order valence-electron chi connectivity index (χ4n) is 7.12. The summed E-state index contributed by atoms with van der Waals surface area (Å²) >= 11 is 1.43. The first-order valence-electron chi connectivity index (χ1n) is 16.1. The number of hydrogen-bond acceptors (Lipinski definition) is 10. The van der Waals surface area contributed by atoms with E-state index < -0.39 is 11.7 Å². The van der Waals surface area contributed by atoms with Gasteiger partial charge in [-0.05, 0) is 96.1 Å². The van der Waals surface area contributed by atoms with Gasteiger partial charge in [-0.25, -0.2) is 9.78 Å². The quantitative estimate of drug-likeness (QED) is 0.247. The van der Waals surface area contributed by atoms with E-state index in [-0.39, 0.29) is 5.54 Å². The van der Waals surface area contributed by atoms with Crippen LogP contribution in [-0.4, -0.2) is 83.1 Å². The highest BCUT2D eigenvalue weighted by Gasteiger charge is 2.45. The Bertz CT molecular complexity index is 1720. The number of para-hydroxylation sites is 1. The molecule has 7 rings (SSSR count). The van der Waals surface area contributed by atoms with Gasteiger partial charge in [-0.3, -0.25) is 10.2 Å². The minimum Gasteiger partial charge on any atom is -0.461 e. The van der Waals surface area contributed by atoms with Crippen LogP contribution in [0.4, 0.5) is 15.7 Å². The molecule has 11 heteroatoms. The number of carbonyl (C=O) groups is 1. The van der Waals surface area contributed by atoms with Crippen molar-refractivity contribution in [3.8, 4) is 17.1 Å². The smallest absolute Gasteiger partial charge is 0.413 e. The summed E-state index contributed by atoms with van der Waals surface area (Å²) in [7, 11) is 0. The fourth-order valence-corrected chi connectivity index (χ4v) is 8.00. The molecule has 3 aliphatic heterocycles. The third-order valence-corrected chi connectivity index (χ3v) is 10.1. The first-order valence-corrected chi connectivity index (χ1v) is 16.9. The predicted octanol–water partition coefficient (Wildman–Crippen LogP) is 6.80. The van der Waals surface area contributed by atoms with Crippen LogP contribution >= 0.6 is 11.3 Å². The molecule has 0 unspecified atom stereocenters. The lowest BCUT2D eigenvalue weighted by atomic mass is 9.95. The number of anilines is 2. The molecule has 2 aromatic carbocycles. The van der Waals surface area contributed by atoms with Gasteiger partial charge in [-0.2, -0.15) is 9.97 Å². The second-order valence-corrected chi connectivity index (χ2v) is 14.5. The highest BCUT2D eigenvalue weighted by atomic mass is 32.1. The summed E-state index contributed by atoms with van der Waals surface area (Å²) in [6.45, 7) is 13.6. The van der Waals surface area contributed by atoms with Crippen LogP contribution in [0.5, 0.6) is 6.01 Å². The predicted molar refractivity (Wildman–Crippen MR) is 179 cm³/mol. The van der Waals surface area contributed by atoms with Crippen LogP contribution in [0.3, 0.4) is 0 Å². The molecular formula is C34H42N6O4S. The first-order chi connectivity index (χ1) is 21.7. The average molecular weight is 631 g/mol. The van der Waals surface area contributed by atoms with Gasteiger partial charge in [0.1, 0.15) is 18.0 Å². The van der Waals surface area contributed by atoms with Crippen LogP contribution < -0.4 is 15.0 Å². The van der Waals surface area contributed by atoms with Gasteiger partial charge in [-0.1, -0.05) is 29.5 Å². The van der Waals surface area contributed by atoms with Crippen LogP contribution in [0.2, 0.25) is 0 Å². The number of carbonyl (C=O) groups excluding carboxylic acids is 1. The van der Waals surface area contributed by atoms with E-state index in [1.165, 1.54) is 37.0 Å². The summed E-state index contributed by atoms with van der Waals surface area (Å²) in [5.41, 5.74) is 4.28. The fraction of sp³-hybridized carbons (Fsp3) is 0.529. The van der Waals surface area contributed by atoms with Gasteiger partial charge < -0.3 is 19.1 Å². The number of aryl methyl sites for hydroxylation is 1. The Morgan fingerprint density at radius 1 is 0.978 bits per heavy atom. The topological polar surface area (TPSA) is 102 Å². The molecule has 1 amide bonds. The molecule has 3 saturated heterocycles. The SMILES string of the molecule is Cc1c(-c2cccc3sc(NC(=O)OC(C)(C)C)nc23)ccc2c(N3CCCOCC3)nc(OCC34CCCN3CCC4)nc12. The Kier molecular flexibility index (Phi) is 8.03. The summed E-state index contributed by atoms with van der Waals surface area (Å²) in [5, 5.41) is 4.31. The maximum Gasteiger partial charge on any atom is 0.413 e. The molecule has 4 aromatic rings. The molecule has 0 radical (unpaired) electrons. The first kappa shape index (κ1) is 30.1. The number of benzene rings is 2. The standard InChI is InChI=1S/C34H42N6O4S/c1-22-23(24-9-5-10-26-28(24)36-31(45-26)38-32(41)44-33(2,3)4)11-12-25-27(22)35-30(37-29(25)39-15-8-19-42-20-18-39)43-21-34-13-6-16-40(34)17-7-14-34/h5,9-12H,6-8,13-21H2,1-4H3,(H,36,38,41). The molecule has 3 fully saturated rings. The molecular weight excluding hydrogens is 588 g/mol. The maximum atomic E-state index is 12.5. The second-order valence-electron chi connectivity index (χ2n) is 13.4. The van der Waals surface area contributed by atoms with Crippen molar-refractivity contribution in [3.63, 3.8) is 0 Å². The van der Waals surface area contributed by atoms with Gasteiger partial charge in [0.15, 0.2) is 5.13 Å². The lowest BCUT2D eigenvalue weighted by Crippen LogP contribution is -2.43. The van der Waals surface area contributed by atoms with Crippen LogP contribution in [0.1, 0.15) is 58.4 Å². The third-order valence-electron chi connectivity index (χ3n) is 9.20. The number of ether oxygens (including phenoxy) is 3. The van der Waals surface area contributed by atoms with Gasteiger partial charge >= 0.3 is 12.1 Å². The highest BCUT2D eigenvalue weighted by Crippen LogP contribution is 2.41. The van der Waals surface area contributed by atoms with Crippen molar-refractivity contribution in [3.05, 3.63) is 35.9 Å². The second kappa shape index (κ2) is 12.0. The van der Waals surface area contributed by atoms with E-state index in [2.05, 4.69) is 40.2 Å². The summed E-state index contributed by atoms with van der Waals surface area (Å²) in [6.07, 6.45) is 5.22. The number of nitrogens with one attached hydrogen (secondary N) is 1. The van der Waals surface area contributed by atoms with Crippen molar-refractivity contribution >= 4 is 49.5 Å². The molecule has 3 aliphatic rings. The van der Waals surface area contributed by atoms with Gasteiger partial charge in [0.2, 0.25) is 0 Å². The molecule has 10 nitrogen and oxygen atoms in total. The number of fused-ring (bicyclic) bond motifs is 3. The molecule has 45 heavy (non-hydrogen) atoms. The van der Waals surface area contributed by atoms with Crippen LogP contribution in [0, 0.1) is 6.92 Å². The lowest BCUT2D eigenvalue weighted by Gasteiger charge is -2.31. The number of hydrogen-bond donors (Lipinski definition) is 1. The van der Waals surface area contributed by atoms with Gasteiger partial charge in [0, 0.05) is 30.6 Å². The minimum atomic E-state index is -0.592. The van der Waals surface area contributed by atoms with Crippen molar-refractivity contribution < 1.29 is 19.0 Å². The van der Waals surface area contributed by atoms with Crippen molar-refractivity contribution in [2.24, 2.45) is 0 Å². The number of nitrogens with zero attached hydrogens (tertiary/aromatic N) is 5. The Morgan fingerprint density at radius 3 is 2.60 bits per heavy atom. The van der Waals surface area contributed by atoms with Crippen molar-refractivity contribution in [2.75, 3.05) is 56.2 Å². The zero-order chi connectivity index (χ0) is 31.2. The normalized spacial score (nSPS) is 18.7. The summed E-state index contributed by atoms with van der Waals surface area (Å²) in [6, 6.07) is 10.8. The average Bonchev–Trinajstić information content (AvgIpc) is 3.63. The number of aromatic nitrogens is 3. The molecule has 0 aliphatic carbocycles. The number of amides is 1. The minimum absolute atomic E-state index is 0.108. The van der Waals surface area contributed by atoms with Gasteiger partial charge in [0.05, 0.1) is 27.9 Å². The summed E-state index contributed by atoms with van der Waals surface area (Å²) in [5.74, 6) is 0.901. The molecule has 5 heterocycles. The molecule has 0 atom stereocenters. The zero-order valence-electron chi connectivity index (χ0n) is 26.6. The molecule has 0 saturated carbocycles. The third kappa shape index (κ3) is 6.05. The van der Waals surface area contributed by atoms with Crippen molar-refractivity contribution in [1.82, 2.24) is 19.9 Å². The maximum absolute atomic E-state index is 12.5. The van der Waals surface area contributed by atoms with Crippen molar-refractivity contribution in [2.45, 2.75) is 70.9 Å². The Hall–Kier alpha value is -3.54. The summed E-state index contributed by atoms with van der Waals surface area (Å²) in [4.78, 5) is 32.3. The number of rotatable bonds is 6. The summed E-state index contributed by atoms with van der Waals surface area (Å²) < 4.78 is 18.7. The molecule has 238 valence electrons. The van der Waals surface area contributed by atoms with E-state index in [0.717, 1.165) is 82.8 Å². The van der Waals surface area contributed by atoms with Crippen LogP contribution in [0.15, 0.2) is 30.3 Å². The van der Waals surface area contributed by atoms with Gasteiger partial charge in [-0.15, -0.1) is 0 Å². The Balaban J connectivity index is 1.27. The van der Waals surface area contributed by atoms with E-state index in [0.29, 0.717) is 24.4 Å². The lowest BCUT2D eigenvalue weighted by molar-refractivity contribution is 0.0636. The largest absolute Gasteiger partial charge is 0.461 e. The zero-order valence-corrected chi connectivity index (χ0v) is 27.5. The number of thiazole rings is 1. The van der Waals surface area contributed by atoms with Crippen LogP contribution in [0.25, 0.3) is 32.2 Å². The van der Waals surface area contributed by atoms with Gasteiger partial charge in [0.25, 0.3) is 0 Å². The van der Waals surface area contributed by atoms with E-state index in [1.807, 2.05) is 32.9 Å². The van der Waals surface area contributed by atoms with Crippen molar-refractivity contribution in [1.29, 1.82) is 0 Å². The van der Waals surface area contributed by atoms with E-state index in [9.17, 15) is 4.79 Å². The Labute approximate surface area is 268 Å². The monoisotopic (exact) mass is 630 g/mol. The molecule has 2 aromatic heterocycles. The Morgan fingerprint density at radius 2 is 1.80 bits per heavy atom. The van der Waals surface area contributed by atoms with E-state index in [4.69, 9.17) is 29.2 Å². The van der Waals surface area contributed by atoms with E-state index >= 15 is 0 Å². The van der Waals surface area contributed by atoms with Crippen LogP contribution in [-0.2, 0) is 9.47 Å². The molecule has 1 N–H and O–H groups in total. The highest BCUT2D eigenvalue weighted by molar-refractivity contribution is 7.22. The molecule has 0 spiro atoms. The molecule has 0 bridgehead atoms.